The number of carbonyl (C=O) groups excluding carboxylic acids is 1. The van der Waals surface area contributed by atoms with Crippen molar-refractivity contribution in [3.8, 4) is 17.6 Å². The molecule has 0 spiro atoms. The normalized spacial score (nSPS) is 14.7. The third-order valence-corrected chi connectivity index (χ3v) is 5.61. The van der Waals surface area contributed by atoms with Gasteiger partial charge < -0.3 is 19.2 Å². The van der Waals surface area contributed by atoms with Crippen LogP contribution in [-0.4, -0.2) is 18.0 Å². The molecule has 0 aliphatic heterocycles. The molecule has 2 aromatic heterocycles. The summed E-state index contributed by atoms with van der Waals surface area (Å²) in [5.74, 6) is 1.10. The number of pyridine rings is 1. The fraction of sp³-hybridized carbons (Fsp3) is 0.333. The first-order valence-electron chi connectivity index (χ1n) is 10.1. The molecule has 2 heterocycles. The first-order chi connectivity index (χ1) is 14.4. The zero-order chi connectivity index (χ0) is 21.3. The number of hydrogen-bond acceptors (Lipinski definition) is 5. The van der Waals surface area contributed by atoms with Gasteiger partial charge in [-0.05, 0) is 72.6 Å². The molecule has 6 heteroatoms. The lowest BCUT2D eigenvalue weighted by molar-refractivity contribution is 0.0991. The van der Waals surface area contributed by atoms with Crippen LogP contribution in [0, 0.1) is 6.92 Å². The van der Waals surface area contributed by atoms with Crippen LogP contribution < -0.4 is 14.8 Å². The number of benzene rings is 1. The summed E-state index contributed by atoms with van der Waals surface area (Å²) in [7, 11) is 1.50. The lowest BCUT2D eigenvalue weighted by Gasteiger charge is -2.33. The van der Waals surface area contributed by atoms with Gasteiger partial charge in [-0.25, -0.2) is 4.98 Å². The Balaban J connectivity index is 1.53. The largest absolute Gasteiger partial charge is 0.480 e. The van der Waals surface area contributed by atoms with Gasteiger partial charge in [0.05, 0.1) is 7.11 Å². The number of ether oxygens (including phenoxy) is 2. The minimum Gasteiger partial charge on any atom is -0.480 e. The van der Waals surface area contributed by atoms with Crippen molar-refractivity contribution in [2.75, 3.05) is 12.4 Å². The SMILES string of the molecule is COc1ncccc1NC(=O)c1ccc(Oc2cc3c(cc2C)CCCC3(C)C)o1. The molecule has 30 heavy (non-hydrogen) atoms. The number of carbonyl (C=O) groups is 1. The highest BCUT2D eigenvalue weighted by atomic mass is 16.6. The number of hydrogen-bond donors (Lipinski definition) is 1. The lowest BCUT2D eigenvalue weighted by Crippen LogP contribution is -2.23. The topological polar surface area (TPSA) is 73.6 Å². The highest BCUT2D eigenvalue weighted by molar-refractivity contribution is 6.03. The van der Waals surface area contributed by atoms with Gasteiger partial charge in [0.1, 0.15) is 11.4 Å². The highest BCUT2D eigenvalue weighted by Crippen LogP contribution is 2.40. The van der Waals surface area contributed by atoms with Crippen LogP contribution in [0.3, 0.4) is 0 Å². The average Bonchev–Trinajstić information content (AvgIpc) is 3.18. The second kappa shape index (κ2) is 7.86. The van der Waals surface area contributed by atoms with Crippen LogP contribution in [0.1, 0.15) is 53.9 Å². The number of nitrogens with zero attached hydrogens (tertiary/aromatic N) is 1. The van der Waals surface area contributed by atoms with Gasteiger partial charge in [0, 0.05) is 12.3 Å². The van der Waals surface area contributed by atoms with E-state index in [-0.39, 0.29) is 17.1 Å². The predicted molar refractivity (Wildman–Crippen MR) is 115 cm³/mol. The Kier molecular flexibility index (Phi) is 5.24. The van der Waals surface area contributed by atoms with Gasteiger partial charge >= 0.3 is 0 Å². The molecular formula is C24H26N2O4. The summed E-state index contributed by atoms with van der Waals surface area (Å²) in [6.45, 7) is 6.57. The van der Waals surface area contributed by atoms with E-state index >= 15 is 0 Å². The molecule has 3 aromatic rings. The molecule has 1 aromatic carbocycles. The second-order valence-electron chi connectivity index (χ2n) is 8.25. The maximum atomic E-state index is 12.5. The number of nitrogens with one attached hydrogen (secondary N) is 1. The van der Waals surface area contributed by atoms with Crippen LogP contribution in [-0.2, 0) is 11.8 Å². The molecule has 6 nitrogen and oxygen atoms in total. The van der Waals surface area contributed by atoms with E-state index in [4.69, 9.17) is 13.9 Å². The summed E-state index contributed by atoms with van der Waals surface area (Å²) in [5.41, 5.74) is 4.35. The summed E-state index contributed by atoms with van der Waals surface area (Å²) in [6, 6.07) is 11.0. The minimum absolute atomic E-state index is 0.121. The Morgan fingerprint density at radius 2 is 2.07 bits per heavy atom. The molecule has 1 aliphatic rings. The Morgan fingerprint density at radius 1 is 1.23 bits per heavy atom. The Morgan fingerprint density at radius 3 is 2.87 bits per heavy atom. The zero-order valence-corrected chi connectivity index (χ0v) is 17.7. The number of methoxy groups -OCH3 is 1. The molecule has 0 saturated heterocycles. The molecule has 0 radical (unpaired) electrons. The number of aromatic nitrogens is 1. The van der Waals surface area contributed by atoms with Gasteiger partial charge in [0.2, 0.25) is 5.88 Å². The molecule has 0 fully saturated rings. The van der Waals surface area contributed by atoms with Crippen molar-refractivity contribution in [2.24, 2.45) is 0 Å². The lowest BCUT2D eigenvalue weighted by atomic mass is 9.72. The number of rotatable bonds is 5. The fourth-order valence-corrected chi connectivity index (χ4v) is 3.99. The molecule has 156 valence electrons. The maximum absolute atomic E-state index is 12.5. The molecule has 0 unspecified atom stereocenters. The van der Waals surface area contributed by atoms with Gasteiger partial charge in [0.25, 0.3) is 11.9 Å². The predicted octanol–water partition coefficient (Wildman–Crippen LogP) is 5.65. The van der Waals surface area contributed by atoms with E-state index in [1.54, 1.807) is 30.5 Å². The summed E-state index contributed by atoms with van der Waals surface area (Å²) >= 11 is 0. The molecular weight excluding hydrogens is 380 g/mol. The first-order valence-corrected chi connectivity index (χ1v) is 10.1. The monoisotopic (exact) mass is 406 g/mol. The van der Waals surface area contributed by atoms with Crippen LogP contribution in [0.4, 0.5) is 5.69 Å². The van der Waals surface area contributed by atoms with Gasteiger partial charge in [0.15, 0.2) is 5.76 Å². The summed E-state index contributed by atoms with van der Waals surface area (Å²) in [5, 5.41) is 2.74. The van der Waals surface area contributed by atoms with Crippen molar-refractivity contribution in [3.63, 3.8) is 0 Å². The van der Waals surface area contributed by atoms with E-state index in [0.29, 0.717) is 11.6 Å². The number of aryl methyl sites for hydroxylation is 2. The van der Waals surface area contributed by atoms with E-state index in [9.17, 15) is 4.79 Å². The average molecular weight is 406 g/mol. The standard InChI is InChI=1S/C24H26N2O4/c1-15-13-16-7-5-11-24(2,3)17(16)14-20(15)30-21-10-9-19(29-21)22(27)26-18-8-6-12-25-23(18)28-4/h6,8-10,12-14H,5,7,11H2,1-4H3,(H,26,27). The molecule has 0 atom stereocenters. The van der Waals surface area contributed by atoms with Crippen LogP contribution in [0.25, 0.3) is 0 Å². The van der Waals surface area contributed by atoms with Crippen LogP contribution in [0.5, 0.6) is 17.6 Å². The van der Waals surface area contributed by atoms with Crippen LogP contribution in [0.2, 0.25) is 0 Å². The van der Waals surface area contributed by atoms with Crippen molar-refractivity contribution in [1.29, 1.82) is 0 Å². The van der Waals surface area contributed by atoms with Crippen LogP contribution in [0.15, 0.2) is 47.0 Å². The second-order valence-corrected chi connectivity index (χ2v) is 8.25. The third kappa shape index (κ3) is 3.90. The summed E-state index contributed by atoms with van der Waals surface area (Å²) < 4.78 is 16.8. The number of fused-ring (bicyclic) bond motifs is 1. The van der Waals surface area contributed by atoms with Crippen molar-refractivity contribution in [1.82, 2.24) is 4.98 Å². The summed E-state index contributed by atoms with van der Waals surface area (Å²) in [6.07, 6.45) is 5.06. The highest BCUT2D eigenvalue weighted by Gasteiger charge is 2.28. The molecule has 0 saturated carbocycles. The quantitative estimate of drug-likeness (QED) is 0.593. The van der Waals surface area contributed by atoms with Crippen molar-refractivity contribution < 1.29 is 18.7 Å². The van der Waals surface area contributed by atoms with Gasteiger partial charge in [-0.3, -0.25) is 4.79 Å². The molecule has 4 rings (SSSR count). The Hall–Kier alpha value is -3.28. The van der Waals surface area contributed by atoms with Gasteiger partial charge in [-0.2, -0.15) is 0 Å². The molecule has 0 bridgehead atoms. The number of furan rings is 1. The Labute approximate surface area is 176 Å². The first kappa shape index (κ1) is 20.0. The van der Waals surface area contributed by atoms with Crippen LogP contribution >= 0.6 is 0 Å². The van der Waals surface area contributed by atoms with E-state index in [1.165, 1.54) is 24.7 Å². The van der Waals surface area contributed by atoms with E-state index in [2.05, 4.69) is 36.3 Å². The minimum atomic E-state index is -0.403. The molecule has 1 aliphatic carbocycles. The van der Waals surface area contributed by atoms with Gasteiger partial charge in [-0.1, -0.05) is 19.9 Å². The van der Waals surface area contributed by atoms with E-state index < -0.39 is 5.91 Å². The third-order valence-electron chi connectivity index (χ3n) is 5.61. The number of amides is 1. The fourth-order valence-electron chi connectivity index (χ4n) is 3.99. The summed E-state index contributed by atoms with van der Waals surface area (Å²) in [4.78, 5) is 16.6. The zero-order valence-electron chi connectivity index (χ0n) is 17.7. The van der Waals surface area contributed by atoms with E-state index in [1.807, 2.05) is 6.92 Å². The van der Waals surface area contributed by atoms with Crippen molar-refractivity contribution in [3.05, 3.63) is 65.0 Å². The van der Waals surface area contributed by atoms with Crippen molar-refractivity contribution in [2.45, 2.75) is 45.4 Å². The number of anilines is 1. The molecule has 1 amide bonds. The van der Waals surface area contributed by atoms with Crippen molar-refractivity contribution >= 4 is 11.6 Å². The van der Waals surface area contributed by atoms with E-state index in [0.717, 1.165) is 24.2 Å². The Bertz CT molecular complexity index is 1080. The molecule has 1 N–H and O–H groups in total. The maximum Gasteiger partial charge on any atom is 0.291 e. The van der Waals surface area contributed by atoms with Gasteiger partial charge in [-0.15, -0.1) is 0 Å². The smallest absolute Gasteiger partial charge is 0.291 e.